The summed E-state index contributed by atoms with van der Waals surface area (Å²) in [5.41, 5.74) is 2.93. The van der Waals surface area contributed by atoms with E-state index in [2.05, 4.69) is 5.32 Å². The molecule has 0 fully saturated rings. The Morgan fingerprint density at radius 3 is 2.50 bits per heavy atom. The molecule has 0 aliphatic heterocycles. The third kappa shape index (κ3) is 3.47. The van der Waals surface area contributed by atoms with Gasteiger partial charge in [-0.3, -0.25) is 4.79 Å². The number of rotatable bonds is 5. The van der Waals surface area contributed by atoms with E-state index in [1.54, 1.807) is 7.11 Å². The lowest BCUT2D eigenvalue weighted by molar-refractivity contribution is -0.120. The largest absolute Gasteiger partial charge is 0.496 e. The van der Waals surface area contributed by atoms with Crippen molar-refractivity contribution in [2.45, 2.75) is 26.8 Å². The highest BCUT2D eigenvalue weighted by molar-refractivity contribution is 5.87. The van der Waals surface area contributed by atoms with Crippen LogP contribution in [0.1, 0.15) is 22.3 Å². The van der Waals surface area contributed by atoms with E-state index >= 15 is 0 Å². The van der Waals surface area contributed by atoms with Gasteiger partial charge in [-0.25, -0.2) is 4.79 Å². The first kappa shape index (κ1) is 17.7. The van der Waals surface area contributed by atoms with Crippen LogP contribution in [0.2, 0.25) is 0 Å². The molecule has 134 valence electrons. The van der Waals surface area contributed by atoms with Gasteiger partial charge in [0.25, 0.3) is 0 Å². The Labute approximate surface area is 151 Å². The molecule has 5 nitrogen and oxygen atoms in total. The van der Waals surface area contributed by atoms with Crippen molar-refractivity contribution in [1.29, 1.82) is 0 Å². The van der Waals surface area contributed by atoms with E-state index in [1.807, 2.05) is 56.3 Å². The highest BCUT2D eigenvalue weighted by atomic mass is 16.5. The average molecular weight is 351 g/mol. The second-order valence-electron chi connectivity index (χ2n) is 6.20. The van der Waals surface area contributed by atoms with Crippen LogP contribution in [0.25, 0.3) is 11.0 Å². The summed E-state index contributed by atoms with van der Waals surface area (Å²) in [6.07, 6.45) is -0.0119. The first-order valence-electron chi connectivity index (χ1n) is 8.41. The molecule has 0 saturated heterocycles. The normalized spacial score (nSPS) is 10.7. The molecule has 0 radical (unpaired) electrons. The minimum absolute atomic E-state index is 0.0119. The molecule has 0 bridgehead atoms. The van der Waals surface area contributed by atoms with Gasteiger partial charge in [0.05, 0.1) is 19.1 Å². The lowest BCUT2D eigenvalue weighted by atomic mass is 10.0. The molecular formula is C21H21NO4. The van der Waals surface area contributed by atoms with Gasteiger partial charge in [-0.2, -0.15) is 0 Å². The number of carbonyl (C=O) groups is 1. The van der Waals surface area contributed by atoms with Gasteiger partial charge in [0.1, 0.15) is 11.3 Å². The van der Waals surface area contributed by atoms with Crippen molar-refractivity contribution in [2.75, 3.05) is 7.11 Å². The Kier molecular flexibility index (Phi) is 5.07. The summed E-state index contributed by atoms with van der Waals surface area (Å²) >= 11 is 0. The minimum Gasteiger partial charge on any atom is -0.496 e. The molecular weight excluding hydrogens is 330 g/mol. The topological polar surface area (TPSA) is 68.5 Å². The Bertz CT molecular complexity index is 1010. The van der Waals surface area contributed by atoms with Crippen LogP contribution in [0.3, 0.4) is 0 Å². The van der Waals surface area contributed by atoms with E-state index in [0.29, 0.717) is 23.4 Å². The highest BCUT2D eigenvalue weighted by Crippen LogP contribution is 2.29. The zero-order valence-corrected chi connectivity index (χ0v) is 15.1. The van der Waals surface area contributed by atoms with Crippen molar-refractivity contribution in [3.05, 3.63) is 75.1 Å². The molecule has 0 spiro atoms. The second-order valence-corrected chi connectivity index (χ2v) is 6.20. The molecule has 0 unspecified atom stereocenters. The van der Waals surface area contributed by atoms with Crippen LogP contribution < -0.4 is 15.7 Å². The van der Waals surface area contributed by atoms with Crippen LogP contribution in [-0.4, -0.2) is 13.0 Å². The maximum absolute atomic E-state index is 12.4. The van der Waals surface area contributed by atoms with Crippen LogP contribution in [0, 0.1) is 13.8 Å². The van der Waals surface area contributed by atoms with E-state index in [1.165, 1.54) is 0 Å². The molecule has 0 aliphatic carbocycles. The predicted molar refractivity (Wildman–Crippen MR) is 101 cm³/mol. The van der Waals surface area contributed by atoms with Gasteiger partial charge < -0.3 is 14.5 Å². The smallest absolute Gasteiger partial charge is 0.340 e. The molecule has 0 saturated carbocycles. The number of ether oxygens (including phenoxy) is 1. The molecule has 0 aliphatic rings. The van der Waals surface area contributed by atoms with Gasteiger partial charge in [-0.05, 0) is 37.1 Å². The summed E-state index contributed by atoms with van der Waals surface area (Å²) < 4.78 is 10.8. The quantitative estimate of drug-likeness (QED) is 0.716. The van der Waals surface area contributed by atoms with Gasteiger partial charge in [0.2, 0.25) is 5.91 Å². The number of benzene rings is 2. The van der Waals surface area contributed by atoms with Crippen molar-refractivity contribution < 1.29 is 13.9 Å². The van der Waals surface area contributed by atoms with Crippen molar-refractivity contribution in [3.63, 3.8) is 0 Å². The first-order valence-corrected chi connectivity index (χ1v) is 8.41. The SMILES string of the molecule is COc1ccc2c(C)c(CC(=O)NCc3ccccc3)c(=O)oc2c1C. The third-order valence-electron chi connectivity index (χ3n) is 4.54. The maximum atomic E-state index is 12.4. The lowest BCUT2D eigenvalue weighted by Gasteiger charge is -2.12. The van der Waals surface area contributed by atoms with Crippen molar-refractivity contribution in [1.82, 2.24) is 5.32 Å². The van der Waals surface area contributed by atoms with E-state index in [0.717, 1.165) is 22.1 Å². The van der Waals surface area contributed by atoms with Crippen LogP contribution >= 0.6 is 0 Å². The number of methoxy groups -OCH3 is 1. The predicted octanol–water partition coefficient (Wildman–Crippen LogP) is 3.28. The first-order chi connectivity index (χ1) is 12.5. The summed E-state index contributed by atoms with van der Waals surface area (Å²) in [5.74, 6) is 0.447. The zero-order valence-electron chi connectivity index (χ0n) is 15.1. The highest BCUT2D eigenvalue weighted by Gasteiger charge is 2.17. The molecule has 3 rings (SSSR count). The van der Waals surface area contributed by atoms with E-state index in [4.69, 9.17) is 9.15 Å². The van der Waals surface area contributed by atoms with Gasteiger partial charge >= 0.3 is 5.63 Å². The Morgan fingerprint density at radius 1 is 1.08 bits per heavy atom. The summed E-state index contributed by atoms with van der Waals surface area (Å²) in [7, 11) is 1.57. The van der Waals surface area contributed by atoms with Gasteiger partial charge in [-0.15, -0.1) is 0 Å². The minimum atomic E-state index is -0.485. The van der Waals surface area contributed by atoms with Gasteiger partial charge in [-0.1, -0.05) is 30.3 Å². The third-order valence-corrected chi connectivity index (χ3v) is 4.54. The number of hydrogen-bond donors (Lipinski definition) is 1. The lowest BCUT2D eigenvalue weighted by Crippen LogP contribution is -2.27. The molecule has 3 aromatic rings. The van der Waals surface area contributed by atoms with Gasteiger partial charge in [0.15, 0.2) is 0 Å². The average Bonchev–Trinajstić information content (AvgIpc) is 2.65. The fourth-order valence-corrected chi connectivity index (χ4v) is 3.02. The number of hydrogen-bond acceptors (Lipinski definition) is 4. The van der Waals surface area contributed by atoms with Crippen molar-refractivity contribution >= 4 is 16.9 Å². The summed E-state index contributed by atoms with van der Waals surface area (Å²) in [4.78, 5) is 24.7. The number of nitrogens with one attached hydrogen (secondary N) is 1. The molecule has 1 N–H and O–H groups in total. The number of aryl methyl sites for hydroxylation is 2. The van der Waals surface area contributed by atoms with Gasteiger partial charge in [0, 0.05) is 17.5 Å². The summed E-state index contributed by atoms with van der Waals surface area (Å²) in [6.45, 7) is 4.11. The fraction of sp³-hybridized carbons (Fsp3) is 0.238. The fourth-order valence-electron chi connectivity index (χ4n) is 3.02. The van der Waals surface area contributed by atoms with Crippen LogP contribution in [0.5, 0.6) is 5.75 Å². The number of fused-ring (bicyclic) bond motifs is 1. The molecule has 2 aromatic carbocycles. The van der Waals surface area contributed by atoms with E-state index in [9.17, 15) is 9.59 Å². The Hall–Kier alpha value is -3.08. The molecule has 1 aromatic heterocycles. The zero-order chi connectivity index (χ0) is 18.7. The number of amides is 1. The Balaban J connectivity index is 1.86. The van der Waals surface area contributed by atoms with E-state index < -0.39 is 5.63 Å². The van der Waals surface area contributed by atoms with E-state index in [-0.39, 0.29) is 12.3 Å². The van der Waals surface area contributed by atoms with Crippen molar-refractivity contribution in [3.8, 4) is 5.75 Å². The van der Waals surface area contributed by atoms with Crippen molar-refractivity contribution in [2.24, 2.45) is 0 Å². The van der Waals surface area contributed by atoms with Crippen LogP contribution in [0.4, 0.5) is 0 Å². The molecule has 5 heteroatoms. The van der Waals surface area contributed by atoms with Crippen LogP contribution in [-0.2, 0) is 17.8 Å². The standard InChI is InChI=1S/C21H21NO4/c1-13-16-9-10-18(25-3)14(2)20(16)26-21(24)17(13)11-19(23)22-12-15-7-5-4-6-8-15/h4-10H,11-12H2,1-3H3,(H,22,23). The molecule has 1 amide bonds. The van der Waals surface area contributed by atoms with Crippen LogP contribution in [0.15, 0.2) is 51.7 Å². The summed E-state index contributed by atoms with van der Waals surface area (Å²) in [5, 5.41) is 3.65. The maximum Gasteiger partial charge on any atom is 0.340 e. The molecule has 0 atom stereocenters. The number of carbonyl (C=O) groups excluding carboxylic acids is 1. The molecule has 26 heavy (non-hydrogen) atoms. The second kappa shape index (κ2) is 7.44. The monoisotopic (exact) mass is 351 g/mol. The Morgan fingerprint density at radius 2 is 1.81 bits per heavy atom. The summed E-state index contributed by atoms with van der Waals surface area (Å²) in [6, 6.07) is 13.3. The molecule has 1 heterocycles.